The number of rotatable bonds is 6. The number of hydrogen-bond donors (Lipinski definition) is 3. The van der Waals surface area contributed by atoms with Crippen molar-refractivity contribution in [3.05, 3.63) is 0 Å². The van der Waals surface area contributed by atoms with E-state index in [2.05, 4.69) is 39.9 Å². The summed E-state index contributed by atoms with van der Waals surface area (Å²) in [5.74, 6) is 0.470. The lowest BCUT2D eigenvalue weighted by Gasteiger charge is -2.46. The summed E-state index contributed by atoms with van der Waals surface area (Å²) in [6.07, 6.45) is 3.51. The molecule has 4 nitrogen and oxygen atoms in total. The van der Waals surface area contributed by atoms with Gasteiger partial charge >= 0.3 is 0 Å². The van der Waals surface area contributed by atoms with Gasteiger partial charge in [-0.15, -0.1) is 0 Å². The Bertz CT molecular complexity index is 342. The quantitative estimate of drug-likeness (QED) is 0.704. The van der Waals surface area contributed by atoms with Crippen molar-refractivity contribution in [3.63, 3.8) is 0 Å². The molecule has 4 heteroatoms. The van der Waals surface area contributed by atoms with Crippen molar-refractivity contribution in [2.75, 3.05) is 13.2 Å². The van der Waals surface area contributed by atoms with Crippen molar-refractivity contribution in [2.24, 2.45) is 28.4 Å². The molecule has 124 valence electrons. The van der Waals surface area contributed by atoms with Crippen molar-refractivity contribution in [1.29, 1.82) is 0 Å². The zero-order valence-corrected chi connectivity index (χ0v) is 14.4. The molecule has 1 aliphatic carbocycles. The Hall–Kier alpha value is -0.610. The van der Waals surface area contributed by atoms with Gasteiger partial charge in [-0.05, 0) is 37.0 Å². The molecule has 1 amide bonds. The third kappa shape index (κ3) is 3.78. The number of carbonyl (C=O) groups is 1. The molecule has 0 bridgehead atoms. The third-order valence-corrected chi connectivity index (χ3v) is 6.29. The summed E-state index contributed by atoms with van der Waals surface area (Å²) in [6.45, 7) is 11.3. The Balaban J connectivity index is 2.71. The number of nitrogens with one attached hydrogen (secondary N) is 1. The van der Waals surface area contributed by atoms with Crippen LogP contribution in [0.3, 0.4) is 0 Å². The second-order valence-electron chi connectivity index (χ2n) is 7.49. The average molecular weight is 298 g/mol. The van der Waals surface area contributed by atoms with Gasteiger partial charge in [0.15, 0.2) is 0 Å². The van der Waals surface area contributed by atoms with Gasteiger partial charge in [0.05, 0.1) is 6.61 Å². The minimum Gasteiger partial charge on any atom is -0.396 e. The lowest BCUT2D eigenvalue weighted by Crippen LogP contribution is -2.52. The highest BCUT2D eigenvalue weighted by molar-refractivity contribution is 5.79. The first-order valence-corrected chi connectivity index (χ1v) is 8.38. The van der Waals surface area contributed by atoms with E-state index in [0.29, 0.717) is 12.5 Å². The molecule has 0 aromatic heterocycles. The Labute approximate surface area is 129 Å². The van der Waals surface area contributed by atoms with Crippen LogP contribution in [-0.2, 0) is 4.79 Å². The van der Waals surface area contributed by atoms with Crippen molar-refractivity contribution in [1.82, 2.24) is 5.32 Å². The number of aliphatic hydroxyl groups excluding tert-OH is 1. The molecule has 0 spiro atoms. The molecule has 3 unspecified atom stereocenters. The highest BCUT2D eigenvalue weighted by Gasteiger charge is 2.45. The van der Waals surface area contributed by atoms with Gasteiger partial charge in [0.1, 0.15) is 0 Å². The second-order valence-corrected chi connectivity index (χ2v) is 7.49. The molecule has 1 aliphatic rings. The first-order chi connectivity index (χ1) is 9.74. The number of aliphatic hydroxyl groups is 1. The lowest BCUT2D eigenvalue weighted by molar-refractivity contribution is -0.133. The molecular weight excluding hydrogens is 264 g/mol. The second kappa shape index (κ2) is 7.10. The van der Waals surface area contributed by atoms with Crippen LogP contribution >= 0.6 is 0 Å². The summed E-state index contributed by atoms with van der Waals surface area (Å²) in [4.78, 5) is 12.6. The summed E-state index contributed by atoms with van der Waals surface area (Å²) in [6, 6.07) is 0.187. The Morgan fingerprint density at radius 1 is 1.33 bits per heavy atom. The SMILES string of the molecule is CCC(CC)(CO)CNC(=O)C1CCC(N)C(C)C1(C)C. The van der Waals surface area contributed by atoms with E-state index in [0.717, 1.165) is 25.7 Å². The van der Waals surface area contributed by atoms with Crippen LogP contribution < -0.4 is 11.1 Å². The van der Waals surface area contributed by atoms with Gasteiger partial charge in [-0.25, -0.2) is 0 Å². The van der Waals surface area contributed by atoms with E-state index in [9.17, 15) is 9.90 Å². The van der Waals surface area contributed by atoms with Gasteiger partial charge in [-0.2, -0.15) is 0 Å². The summed E-state index contributed by atoms with van der Waals surface area (Å²) in [5, 5.41) is 12.7. The van der Waals surface area contributed by atoms with Crippen LogP contribution in [0.25, 0.3) is 0 Å². The maximum atomic E-state index is 12.6. The van der Waals surface area contributed by atoms with Crippen molar-refractivity contribution >= 4 is 5.91 Å². The van der Waals surface area contributed by atoms with Gasteiger partial charge < -0.3 is 16.2 Å². The first kappa shape index (κ1) is 18.4. The molecule has 0 heterocycles. The van der Waals surface area contributed by atoms with Gasteiger partial charge in [0.25, 0.3) is 0 Å². The van der Waals surface area contributed by atoms with Crippen LogP contribution in [-0.4, -0.2) is 30.2 Å². The fraction of sp³-hybridized carbons (Fsp3) is 0.941. The zero-order valence-electron chi connectivity index (χ0n) is 14.4. The summed E-state index contributed by atoms with van der Waals surface area (Å²) >= 11 is 0. The Morgan fingerprint density at radius 2 is 1.90 bits per heavy atom. The Morgan fingerprint density at radius 3 is 2.38 bits per heavy atom. The van der Waals surface area contributed by atoms with E-state index in [1.54, 1.807) is 0 Å². The zero-order chi connectivity index (χ0) is 16.3. The van der Waals surface area contributed by atoms with Crippen molar-refractivity contribution < 1.29 is 9.90 Å². The molecule has 1 rings (SSSR count). The molecule has 4 N–H and O–H groups in total. The monoisotopic (exact) mass is 298 g/mol. The standard InChI is InChI=1S/C17H34N2O2/c1-6-17(7-2,11-20)10-19-15(21)13-8-9-14(18)12(3)16(13,4)5/h12-14,20H,6-11,18H2,1-5H3,(H,19,21). The summed E-state index contributed by atoms with van der Waals surface area (Å²) in [7, 11) is 0. The van der Waals surface area contributed by atoms with E-state index in [-0.39, 0.29) is 35.3 Å². The normalized spacial score (nSPS) is 29.2. The summed E-state index contributed by atoms with van der Waals surface area (Å²) < 4.78 is 0. The fourth-order valence-corrected chi connectivity index (χ4v) is 3.50. The van der Waals surface area contributed by atoms with Crippen LogP contribution in [0.5, 0.6) is 0 Å². The molecule has 0 radical (unpaired) electrons. The molecule has 21 heavy (non-hydrogen) atoms. The van der Waals surface area contributed by atoms with Crippen molar-refractivity contribution in [2.45, 2.75) is 66.3 Å². The molecule has 1 fully saturated rings. The first-order valence-electron chi connectivity index (χ1n) is 8.38. The van der Waals surface area contributed by atoms with Crippen LogP contribution in [0.2, 0.25) is 0 Å². The summed E-state index contributed by atoms with van der Waals surface area (Å²) in [5.41, 5.74) is 5.89. The van der Waals surface area contributed by atoms with Crippen LogP contribution in [0.15, 0.2) is 0 Å². The van der Waals surface area contributed by atoms with Crippen LogP contribution in [0.4, 0.5) is 0 Å². The van der Waals surface area contributed by atoms with E-state index in [4.69, 9.17) is 5.73 Å². The highest BCUT2D eigenvalue weighted by Crippen LogP contribution is 2.44. The van der Waals surface area contributed by atoms with Crippen LogP contribution in [0, 0.1) is 22.7 Å². The maximum Gasteiger partial charge on any atom is 0.223 e. The molecule has 1 saturated carbocycles. The average Bonchev–Trinajstić information content (AvgIpc) is 2.47. The van der Waals surface area contributed by atoms with Gasteiger partial charge in [0.2, 0.25) is 5.91 Å². The van der Waals surface area contributed by atoms with E-state index in [1.165, 1.54) is 0 Å². The van der Waals surface area contributed by atoms with Gasteiger partial charge in [-0.1, -0.05) is 34.6 Å². The number of amides is 1. The van der Waals surface area contributed by atoms with Crippen molar-refractivity contribution in [3.8, 4) is 0 Å². The van der Waals surface area contributed by atoms with E-state index < -0.39 is 0 Å². The lowest BCUT2D eigenvalue weighted by atomic mass is 9.61. The highest BCUT2D eigenvalue weighted by atomic mass is 16.3. The third-order valence-electron chi connectivity index (χ3n) is 6.29. The molecule has 0 aromatic rings. The minimum atomic E-state index is -0.184. The van der Waals surface area contributed by atoms with Gasteiger partial charge in [-0.3, -0.25) is 4.79 Å². The maximum absolute atomic E-state index is 12.6. The molecule has 0 aromatic carbocycles. The molecular formula is C17H34N2O2. The number of hydrogen-bond acceptors (Lipinski definition) is 3. The number of nitrogens with two attached hydrogens (primary N) is 1. The topological polar surface area (TPSA) is 75.3 Å². The number of carbonyl (C=O) groups excluding carboxylic acids is 1. The minimum absolute atomic E-state index is 0.0115. The van der Waals surface area contributed by atoms with E-state index in [1.807, 2.05) is 0 Å². The Kier molecular flexibility index (Phi) is 6.23. The predicted octanol–water partition coefficient (Wildman–Crippen LogP) is 2.30. The molecule has 3 atom stereocenters. The van der Waals surface area contributed by atoms with Gasteiger partial charge in [0, 0.05) is 23.9 Å². The molecule has 0 aliphatic heterocycles. The fourth-order valence-electron chi connectivity index (χ4n) is 3.50. The molecule has 0 saturated heterocycles. The van der Waals surface area contributed by atoms with E-state index >= 15 is 0 Å². The van der Waals surface area contributed by atoms with Crippen LogP contribution in [0.1, 0.15) is 60.3 Å². The largest absolute Gasteiger partial charge is 0.396 e. The predicted molar refractivity (Wildman–Crippen MR) is 86.8 cm³/mol. The smallest absolute Gasteiger partial charge is 0.223 e.